The molecular formula is C22H17F2N3O2S. The second kappa shape index (κ2) is 7.79. The summed E-state index contributed by atoms with van der Waals surface area (Å²) >= 11 is 1.37. The summed E-state index contributed by atoms with van der Waals surface area (Å²) in [5.74, 6) is -1.09. The zero-order valence-electron chi connectivity index (χ0n) is 16.2. The number of carbonyl (C=O) groups is 1. The largest absolute Gasteiger partial charge is 0.322 e. The van der Waals surface area contributed by atoms with Gasteiger partial charge in [-0.3, -0.25) is 14.2 Å². The molecule has 2 aromatic carbocycles. The minimum Gasteiger partial charge on any atom is -0.322 e. The maximum Gasteiger partial charge on any atom is 0.263 e. The Morgan fingerprint density at radius 1 is 1.10 bits per heavy atom. The normalized spacial score (nSPS) is 11.1. The van der Waals surface area contributed by atoms with Gasteiger partial charge in [0.15, 0.2) is 0 Å². The number of aromatic nitrogens is 2. The predicted octanol–water partition coefficient (Wildman–Crippen LogP) is 4.66. The molecule has 30 heavy (non-hydrogen) atoms. The van der Waals surface area contributed by atoms with Crippen molar-refractivity contribution in [1.82, 2.24) is 9.55 Å². The van der Waals surface area contributed by atoms with Crippen LogP contribution in [0, 0.1) is 25.5 Å². The fraction of sp³-hybridized carbons (Fsp3) is 0.136. The van der Waals surface area contributed by atoms with Crippen molar-refractivity contribution in [2.45, 2.75) is 20.4 Å². The number of anilines is 1. The van der Waals surface area contributed by atoms with E-state index >= 15 is 0 Å². The molecular weight excluding hydrogens is 408 g/mol. The topological polar surface area (TPSA) is 64.0 Å². The second-order valence-corrected chi connectivity index (χ2v) is 8.00. The summed E-state index contributed by atoms with van der Waals surface area (Å²) in [6.07, 6.45) is 0. The summed E-state index contributed by atoms with van der Waals surface area (Å²) in [6, 6.07) is 11.7. The van der Waals surface area contributed by atoms with E-state index in [4.69, 9.17) is 0 Å². The Kier molecular flexibility index (Phi) is 5.17. The molecule has 5 nitrogen and oxygen atoms in total. The van der Waals surface area contributed by atoms with Crippen molar-refractivity contribution in [3.05, 3.63) is 81.2 Å². The molecule has 0 unspecified atom stereocenters. The highest BCUT2D eigenvalue weighted by Crippen LogP contribution is 2.35. The third-order valence-corrected chi connectivity index (χ3v) is 5.76. The van der Waals surface area contributed by atoms with Crippen molar-refractivity contribution in [1.29, 1.82) is 0 Å². The van der Waals surface area contributed by atoms with Crippen LogP contribution in [0.4, 0.5) is 14.5 Å². The molecule has 2 aromatic heterocycles. The van der Waals surface area contributed by atoms with Gasteiger partial charge in [0.1, 0.15) is 28.8 Å². The highest BCUT2D eigenvalue weighted by Gasteiger charge is 2.20. The van der Waals surface area contributed by atoms with E-state index in [2.05, 4.69) is 10.3 Å². The minimum absolute atomic E-state index is 0.0422. The van der Waals surface area contributed by atoms with E-state index in [1.54, 1.807) is 25.1 Å². The van der Waals surface area contributed by atoms with E-state index < -0.39 is 11.7 Å². The molecule has 1 N–H and O–H groups in total. The zero-order chi connectivity index (χ0) is 21.4. The van der Waals surface area contributed by atoms with Crippen LogP contribution in [0.5, 0.6) is 0 Å². The molecule has 0 aliphatic rings. The van der Waals surface area contributed by atoms with Crippen LogP contribution < -0.4 is 10.9 Å². The summed E-state index contributed by atoms with van der Waals surface area (Å²) in [7, 11) is 0. The van der Waals surface area contributed by atoms with Crippen molar-refractivity contribution < 1.29 is 13.6 Å². The first-order valence-corrected chi connectivity index (χ1v) is 9.97. The number of amides is 1. The molecule has 0 atom stereocenters. The van der Waals surface area contributed by atoms with Gasteiger partial charge in [0, 0.05) is 10.4 Å². The standard InChI is InChI=1S/C22H17F2N3O2S/c1-12-19(14-7-9-15(23)10-8-14)20-21(30-12)25-13(2)27(22(20)29)11-18(28)26-17-6-4-3-5-16(17)24/h3-10H,11H2,1-2H3,(H,26,28). The molecule has 0 aliphatic carbocycles. The smallest absolute Gasteiger partial charge is 0.263 e. The number of fused-ring (bicyclic) bond motifs is 1. The monoisotopic (exact) mass is 425 g/mol. The van der Waals surface area contributed by atoms with Gasteiger partial charge in [0.05, 0.1) is 11.1 Å². The molecule has 0 spiro atoms. The van der Waals surface area contributed by atoms with Gasteiger partial charge < -0.3 is 5.32 Å². The number of benzene rings is 2. The predicted molar refractivity (Wildman–Crippen MR) is 114 cm³/mol. The summed E-state index contributed by atoms with van der Waals surface area (Å²) in [5.41, 5.74) is 1.05. The van der Waals surface area contributed by atoms with E-state index in [9.17, 15) is 18.4 Å². The van der Waals surface area contributed by atoms with Crippen molar-refractivity contribution in [2.75, 3.05) is 5.32 Å². The van der Waals surface area contributed by atoms with Crippen molar-refractivity contribution in [2.24, 2.45) is 0 Å². The first-order valence-electron chi connectivity index (χ1n) is 9.16. The van der Waals surface area contributed by atoms with E-state index in [1.807, 2.05) is 6.92 Å². The van der Waals surface area contributed by atoms with Gasteiger partial charge in [-0.05, 0) is 43.7 Å². The average molecular weight is 425 g/mol. The summed E-state index contributed by atoms with van der Waals surface area (Å²) in [6.45, 7) is 3.21. The van der Waals surface area contributed by atoms with Crippen LogP contribution in [0.3, 0.4) is 0 Å². The third-order valence-electron chi connectivity index (χ3n) is 4.76. The quantitative estimate of drug-likeness (QED) is 0.517. The summed E-state index contributed by atoms with van der Waals surface area (Å²) < 4.78 is 28.4. The van der Waals surface area contributed by atoms with Gasteiger partial charge in [-0.15, -0.1) is 11.3 Å². The molecule has 0 bridgehead atoms. The Morgan fingerprint density at radius 2 is 1.80 bits per heavy atom. The number of rotatable bonds is 4. The number of aryl methyl sites for hydroxylation is 2. The van der Waals surface area contributed by atoms with E-state index in [0.717, 1.165) is 4.88 Å². The van der Waals surface area contributed by atoms with Crippen LogP contribution in [0.1, 0.15) is 10.7 Å². The van der Waals surface area contributed by atoms with Gasteiger partial charge in [-0.1, -0.05) is 24.3 Å². The molecule has 4 rings (SSSR count). The number of hydrogen-bond donors (Lipinski definition) is 1. The first kappa shape index (κ1) is 19.9. The Hall–Kier alpha value is -3.39. The molecule has 0 fully saturated rings. The maximum atomic E-state index is 13.8. The molecule has 0 aliphatic heterocycles. The molecule has 0 saturated carbocycles. The van der Waals surface area contributed by atoms with Crippen LogP contribution >= 0.6 is 11.3 Å². The average Bonchev–Trinajstić information content (AvgIpc) is 3.03. The number of para-hydroxylation sites is 1. The van der Waals surface area contributed by atoms with Crippen molar-refractivity contribution in [3.8, 4) is 11.1 Å². The van der Waals surface area contributed by atoms with Crippen LogP contribution in [0.15, 0.2) is 53.3 Å². The third kappa shape index (κ3) is 3.61. The molecule has 1 amide bonds. The number of carbonyl (C=O) groups excluding carboxylic acids is 1. The lowest BCUT2D eigenvalue weighted by molar-refractivity contribution is -0.116. The maximum absolute atomic E-state index is 13.8. The minimum atomic E-state index is -0.560. The van der Waals surface area contributed by atoms with Gasteiger partial charge >= 0.3 is 0 Å². The highest BCUT2D eigenvalue weighted by molar-refractivity contribution is 7.19. The Bertz CT molecular complexity index is 1330. The Balaban J connectivity index is 1.77. The van der Waals surface area contributed by atoms with Gasteiger partial charge in [-0.2, -0.15) is 0 Å². The van der Waals surface area contributed by atoms with Crippen LogP contribution in [0.25, 0.3) is 21.3 Å². The Labute approximate surface area is 174 Å². The van der Waals surface area contributed by atoms with Crippen molar-refractivity contribution in [3.63, 3.8) is 0 Å². The molecule has 0 saturated heterocycles. The number of halogens is 2. The van der Waals surface area contributed by atoms with Crippen molar-refractivity contribution >= 4 is 33.1 Å². The molecule has 2 heterocycles. The molecule has 0 radical (unpaired) electrons. The van der Waals surface area contributed by atoms with E-state index in [-0.39, 0.29) is 23.6 Å². The van der Waals surface area contributed by atoms with E-state index in [1.165, 1.54) is 46.2 Å². The lowest BCUT2D eigenvalue weighted by Crippen LogP contribution is -2.30. The SMILES string of the molecule is Cc1sc2nc(C)n(CC(=O)Nc3ccccc3F)c(=O)c2c1-c1ccc(F)cc1. The van der Waals surface area contributed by atoms with Crippen LogP contribution in [-0.2, 0) is 11.3 Å². The molecule has 152 valence electrons. The number of hydrogen-bond acceptors (Lipinski definition) is 4. The van der Waals surface area contributed by atoms with Crippen LogP contribution in [0.2, 0.25) is 0 Å². The Morgan fingerprint density at radius 3 is 2.50 bits per heavy atom. The zero-order valence-corrected chi connectivity index (χ0v) is 17.0. The lowest BCUT2D eigenvalue weighted by atomic mass is 10.0. The number of nitrogens with zero attached hydrogens (tertiary/aromatic N) is 2. The highest BCUT2D eigenvalue weighted by atomic mass is 32.1. The molecule has 8 heteroatoms. The fourth-order valence-electron chi connectivity index (χ4n) is 3.34. The number of thiophene rings is 1. The lowest BCUT2D eigenvalue weighted by Gasteiger charge is -2.11. The van der Waals surface area contributed by atoms with Gasteiger partial charge in [0.2, 0.25) is 5.91 Å². The van der Waals surface area contributed by atoms with Gasteiger partial charge in [-0.25, -0.2) is 13.8 Å². The number of nitrogens with one attached hydrogen (secondary N) is 1. The summed E-state index contributed by atoms with van der Waals surface area (Å²) in [5, 5.41) is 2.86. The second-order valence-electron chi connectivity index (χ2n) is 6.80. The first-order chi connectivity index (χ1) is 14.3. The van der Waals surface area contributed by atoms with E-state index in [0.29, 0.717) is 27.2 Å². The fourth-order valence-corrected chi connectivity index (χ4v) is 4.42. The van der Waals surface area contributed by atoms with Gasteiger partial charge in [0.25, 0.3) is 5.56 Å². The summed E-state index contributed by atoms with van der Waals surface area (Å²) in [4.78, 5) is 31.7. The molecule has 4 aromatic rings. The van der Waals surface area contributed by atoms with Crippen LogP contribution in [-0.4, -0.2) is 15.5 Å².